The van der Waals surface area contributed by atoms with Gasteiger partial charge in [0.2, 0.25) is 0 Å². The SMILES string of the molecule is CCOC(=O)c1cnn(-c2ccc(C(=O)Nc3ccc4nc[nH]c(=O)c4c3)cc2)c1C(F)(F)F. The Balaban J connectivity index is 1.60. The van der Waals surface area contributed by atoms with Crippen LogP contribution in [0.3, 0.4) is 0 Å². The van der Waals surface area contributed by atoms with Crippen LogP contribution in [-0.4, -0.2) is 38.2 Å². The second-order valence-corrected chi connectivity index (χ2v) is 7.00. The molecular weight excluding hydrogens is 455 g/mol. The number of aromatic amines is 1. The normalized spacial score (nSPS) is 11.4. The number of nitrogens with zero attached hydrogens (tertiary/aromatic N) is 3. The number of halogens is 3. The van der Waals surface area contributed by atoms with Gasteiger partial charge in [0.05, 0.1) is 35.7 Å². The fourth-order valence-corrected chi connectivity index (χ4v) is 3.28. The van der Waals surface area contributed by atoms with Gasteiger partial charge >= 0.3 is 12.1 Å². The smallest absolute Gasteiger partial charge is 0.434 e. The zero-order valence-electron chi connectivity index (χ0n) is 17.5. The van der Waals surface area contributed by atoms with Crippen LogP contribution in [0, 0.1) is 0 Å². The maximum absolute atomic E-state index is 13.7. The molecule has 4 aromatic rings. The Morgan fingerprint density at radius 2 is 1.88 bits per heavy atom. The van der Waals surface area contributed by atoms with E-state index in [9.17, 15) is 27.6 Å². The van der Waals surface area contributed by atoms with E-state index in [-0.39, 0.29) is 28.8 Å². The second kappa shape index (κ2) is 8.81. The molecule has 9 nitrogen and oxygen atoms in total. The number of alkyl halides is 3. The number of hydrogen-bond acceptors (Lipinski definition) is 6. The lowest BCUT2D eigenvalue weighted by Gasteiger charge is -2.13. The van der Waals surface area contributed by atoms with Gasteiger partial charge in [0.25, 0.3) is 11.5 Å². The monoisotopic (exact) mass is 471 g/mol. The summed E-state index contributed by atoms with van der Waals surface area (Å²) in [5.41, 5.74) is -1.43. The van der Waals surface area contributed by atoms with Crippen molar-refractivity contribution in [2.45, 2.75) is 13.1 Å². The van der Waals surface area contributed by atoms with Gasteiger partial charge in [-0.3, -0.25) is 9.59 Å². The van der Waals surface area contributed by atoms with Gasteiger partial charge in [0.1, 0.15) is 5.56 Å². The number of anilines is 1. The van der Waals surface area contributed by atoms with Gasteiger partial charge < -0.3 is 15.0 Å². The number of aromatic nitrogens is 4. The van der Waals surface area contributed by atoms with Crippen LogP contribution in [0.1, 0.15) is 33.3 Å². The molecule has 2 N–H and O–H groups in total. The number of carbonyl (C=O) groups excluding carboxylic acids is 2. The van der Waals surface area contributed by atoms with Crippen molar-refractivity contribution in [3.63, 3.8) is 0 Å². The van der Waals surface area contributed by atoms with Gasteiger partial charge in [-0.05, 0) is 49.4 Å². The van der Waals surface area contributed by atoms with Crippen LogP contribution < -0.4 is 10.9 Å². The third-order valence-electron chi connectivity index (χ3n) is 4.81. The molecule has 0 spiro atoms. The largest absolute Gasteiger partial charge is 0.462 e. The molecule has 0 saturated heterocycles. The lowest BCUT2D eigenvalue weighted by Crippen LogP contribution is -2.18. The number of benzene rings is 2. The first kappa shape index (κ1) is 22.7. The molecule has 0 aliphatic heterocycles. The standard InChI is InChI=1S/C22H16F3N5O4/c1-2-34-21(33)16-10-28-30(18(16)22(23,24)25)14-6-3-12(4-7-14)19(31)29-13-5-8-17-15(9-13)20(32)27-11-26-17/h3-11H,2H2,1H3,(H,29,31)(H,26,27,32). The summed E-state index contributed by atoms with van der Waals surface area (Å²) in [5.74, 6) is -1.68. The predicted molar refractivity (Wildman–Crippen MR) is 115 cm³/mol. The predicted octanol–water partition coefficient (Wildman–Crippen LogP) is 3.56. The molecular formula is C22H16F3N5O4. The van der Waals surface area contributed by atoms with E-state index < -0.39 is 29.3 Å². The number of nitrogens with one attached hydrogen (secondary N) is 2. The van der Waals surface area contributed by atoms with Crippen LogP contribution in [0.2, 0.25) is 0 Å². The average molecular weight is 471 g/mol. The number of H-pyrrole nitrogens is 1. The van der Waals surface area contributed by atoms with Crippen LogP contribution in [0.25, 0.3) is 16.6 Å². The van der Waals surface area contributed by atoms with Gasteiger partial charge in [-0.2, -0.15) is 18.3 Å². The van der Waals surface area contributed by atoms with Gasteiger partial charge in [0.15, 0.2) is 5.69 Å². The highest BCUT2D eigenvalue weighted by Gasteiger charge is 2.41. The minimum Gasteiger partial charge on any atom is -0.462 e. The fourth-order valence-electron chi connectivity index (χ4n) is 3.28. The quantitative estimate of drug-likeness (QED) is 0.430. The molecule has 2 heterocycles. The topological polar surface area (TPSA) is 119 Å². The van der Waals surface area contributed by atoms with Crippen molar-refractivity contribution >= 4 is 28.5 Å². The first-order valence-corrected chi connectivity index (χ1v) is 9.90. The van der Waals surface area contributed by atoms with Crippen LogP contribution in [0.5, 0.6) is 0 Å². The minimum absolute atomic E-state index is 0.0114. The van der Waals surface area contributed by atoms with Crippen molar-refractivity contribution in [3.8, 4) is 5.69 Å². The molecule has 2 aromatic carbocycles. The zero-order chi connectivity index (χ0) is 24.5. The summed E-state index contributed by atoms with van der Waals surface area (Å²) in [4.78, 5) is 42.9. The molecule has 0 saturated carbocycles. The molecule has 12 heteroatoms. The van der Waals surface area contributed by atoms with Crippen LogP contribution in [0.4, 0.5) is 18.9 Å². The average Bonchev–Trinajstić information content (AvgIpc) is 3.26. The number of ether oxygens (including phenoxy) is 1. The van der Waals surface area contributed by atoms with E-state index >= 15 is 0 Å². The Morgan fingerprint density at radius 1 is 1.15 bits per heavy atom. The highest BCUT2D eigenvalue weighted by molar-refractivity contribution is 6.05. The lowest BCUT2D eigenvalue weighted by atomic mass is 10.1. The molecule has 0 aliphatic rings. The van der Waals surface area contributed by atoms with Gasteiger partial charge in [-0.25, -0.2) is 14.5 Å². The molecule has 0 atom stereocenters. The fraction of sp³-hybridized carbons (Fsp3) is 0.136. The number of esters is 1. The maximum Gasteiger partial charge on any atom is 0.434 e. The Hall–Kier alpha value is -4.48. The third kappa shape index (κ3) is 4.37. The summed E-state index contributed by atoms with van der Waals surface area (Å²) < 4.78 is 46.2. The summed E-state index contributed by atoms with van der Waals surface area (Å²) in [7, 11) is 0. The molecule has 0 bridgehead atoms. The Kier molecular flexibility index (Phi) is 5.88. The molecule has 2 aromatic heterocycles. The molecule has 34 heavy (non-hydrogen) atoms. The Morgan fingerprint density at radius 3 is 2.56 bits per heavy atom. The van der Waals surface area contributed by atoms with Gasteiger partial charge in [-0.15, -0.1) is 0 Å². The van der Waals surface area contributed by atoms with Crippen molar-refractivity contribution in [1.29, 1.82) is 0 Å². The van der Waals surface area contributed by atoms with Crippen LogP contribution >= 0.6 is 0 Å². The van der Waals surface area contributed by atoms with Gasteiger partial charge in [-0.1, -0.05) is 0 Å². The molecule has 4 rings (SSSR count). The van der Waals surface area contributed by atoms with Crippen molar-refractivity contribution in [1.82, 2.24) is 19.7 Å². The molecule has 0 unspecified atom stereocenters. The van der Waals surface area contributed by atoms with Crippen LogP contribution in [0.15, 0.2) is 59.8 Å². The number of hydrogen-bond donors (Lipinski definition) is 2. The van der Waals surface area contributed by atoms with Crippen molar-refractivity contribution in [3.05, 3.63) is 82.2 Å². The van der Waals surface area contributed by atoms with Crippen molar-refractivity contribution in [2.24, 2.45) is 0 Å². The second-order valence-electron chi connectivity index (χ2n) is 7.00. The first-order chi connectivity index (χ1) is 16.2. The molecule has 0 radical (unpaired) electrons. The molecule has 0 fully saturated rings. The van der Waals surface area contributed by atoms with E-state index in [2.05, 4.69) is 25.1 Å². The molecule has 174 valence electrons. The maximum atomic E-state index is 13.7. The Labute approximate surface area is 189 Å². The van der Waals surface area contributed by atoms with E-state index in [1.807, 2.05) is 0 Å². The van der Waals surface area contributed by atoms with Crippen LogP contribution in [-0.2, 0) is 10.9 Å². The van der Waals surface area contributed by atoms with E-state index in [1.165, 1.54) is 43.6 Å². The van der Waals surface area contributed by atoms with E-state index in [0.717, 1.165) is 6.20 Å². The zero-order valence-corrected chi connectivity index (χ0v) is 17.5. The molecule has 0 aliphatic carbocycles. The lowest BCUT2D eigenvalue weighted by molar-refractivity contribution is -0.143. The van der Waals surface area contributed by atoms with Crippen molar-refractivity contribution in [2.75, 3.05) is 11.9 Å². The first-order valence-electron chi connectivity index (χ1n) is 9.90. The number of carbonyl (C=O) groups is 2. The highest BCUT2D eigenvalue weighted by Crippen LogP contribution is 2.34. The summed E-state index contributed by atoms with van der Waals surface area (Å²) >= 11 is 0. The number of rotatable bonds is 5. The minimum atomic E-state index is -4.88. The highest BCUT2D eigenvalue weighted by atomic mass is 19.4. The number of amides is 1. The number of fused-ring (bicyclic) bond motifs is 1. The van der Waals surface area contributed by atoms with Crippen molar-refractivity contribution < 1.29 is 27.5 Å². The van der Waals surface area contributed by atoms with E-state index in [4.69, 9.17) is 0 Å². The summed E-state index contributed by atoms with van der Waals surface area (Å²) in [6, 6.07) is 9.75. The summed E-state index contributed by atoms with van der Waals surface area (Å²) in [5, 5.41) is 6.60. The molecule has 1 amide bonds. The van der Waals surface area contributed by atoms with E-state index in [1.54, 1.807) is 12.1 Å². The Bertz CT molecular complexity index is 1440. The third-order valence-corrected chi connectivity index (χ3v) is 4.81. The summed E-state index contributed by atoms with van der Waals surface area (Å²) in [6.07, 6.45) is -2.82. The van der Waals surface area contributed by atoms with Gasteiger partial charge in [0, 0.05) is 11.3 Å². The van der Waals surface area contributed by atoms with E-state index in [0.29, 0.717) is 15.9 Å². The summed E-state index contributed by atoms with van der Waals surface area (Å²) in [6.45, 7) is 1.39.